The Bertz CT molecular complexity index is 708. The van der Waals surface area contributed by atoms with Crippen LogP contribution in [0.1, 0.15) is 36.0 Å². The van der Waals surface area contributed by atoms with Crippen molar-refractivity contribution in [3.8, 4) is 0 Å². The average Bonchev–Trinajstić information content (AvgIpc) is 2.64. The fourth-order valence-electron chi connectivity index (χ4n) is 3.30. The summed E-state index contributed by atoms with van der Waals surface area (Å²) in [5.74, 6) is 0. The van der Waals surface area contributed by atoms with Crippen molar-refractivity contribution in [3.63, 3.8) is 0 Å². The van der Waals surface area contributed by atoms with E-state index in [2.05, 4.69) is 52.8 Å². The summed E-state index contributed by atoms with van der Waals surface area (Å²) in [6.07, 6.45) is 4.02. The van der Waals surface area contributed by atoms with E-state index >= 15 is 0 Å². The predicted molar refractivity (Wildman–Crippen MR) is 110 cm³/mol. The van der Waals surface area contributed by atoms with Crippen LogP contribution in [-0.2, 0) is 13.1 Å². The molecule has 0 aliphatic carbocycles. The van der Waals surface area contributed by atoms with Gasteiger partial charge < -0.3 is 10.6 Å². The molecule has 0 unspecified atom stereocenters. The summed E-state index contributed by atoms with van der Waals surface area (Å²) in [7, 11) is 0. The standard InChI is InChI=1S/C21H27N3S/c1-17-9-3-6-12-20(17)23-21(25)22-15-18-10-4-5-11-19(18)16-24-13-7-2-8-14-24/h3-6,9-12H,2,7-8,13-16H2,1H3,(H2,22,23,25). The van der Waals surface area contributed by atoms with E-state index in [4.69, 9.17) is 12.2 Å². The molecular weight excluding hydrogens is 326 g/mol. The van der Waals surface area contributed by atoms with E-state index < -0.39 is 0 Å². The summed E-state index contributed by atoms with van der Waals surface area (Å²) in [4.78, 5) is 2.56. The Morgan fingerprint density at radius 1 is 0.960 bits per heavy atom. The Kier molecular flexibility index (Phi) is 6.42. The summed E-state index contributed by atoms with van der Waals surface area (Å²) in [5.41, 5.74) is 4.97. The maximum absolute atomic E-state index is 5.47. The van der Waals surface area contributed by atoms with Crippen LogP contribution in [0.15, 0.2) is 48.5 Å². The third-order valence-corrected chi connectivity index (χ3v) is 5.04. The zero-order chi connectivity index (χ0) is 17.5. The van der Waals surface area contributed by atoms with Gasteiger partial charge in [-0.1, -0.05) is 48.9 Å². The van der Waals surface area contributed by atoms with Crippen molar-refractivity contribution in [2.24, 2.45) is 0 Å². The number of hydrogen-bond donors (Lipinski definition) is 2. The van der Waals surface area contributed by atoms with E-state index in [1.54, 1.807) is 0 Å². The monoisotopic (exact) mass is 353 g/mol. The molecule has 2 N–H and O–H groups in total. The quantitative estimate of drug-likeness (QED) is 0.776. The third kappa shape index (κ3) is 5.28. The third-order valence-electron chi connectivity index (χ3n) is 4.79. The summed E-state index contributed by atoms with van der Waals surface area (Å²) in [6, 6.07) is 16.9. The number of para-hydroxylation sites is 1. The van der Waals surface area contributed by atoms with Gasteiger partial charge in [-0.15, -0.1) is 0 Å². The van der Waals surface area contributed by atoms with E-state index in [9.17, 15) is 0 Å². The number of anilines is 1. The van der Waals surface area contributed by atoms with Gasteiger partial charge in [0.15, 0.2) is 5.11 Å². The van der Waals surface area contributed by atoms with Crippen LogP contribution < -0.4 is 10.6 Å². The molecule has 4 heteroatoms. The molecule has 3 nitrogen and oxygen atoms in total. The molecule has 0 aromatic heterocycles. The molecule has 0 bridgehead atoms. The SMILES string of the molecule is Cc1ccccc1NC(=S)NCc1ccccc1CN1CCCCC1. The van der Waals surface area contributed by atoms with Crippen LogP contribution in [-0.4, -0.2) is 23.1 Å². The minimum absolute atomic E-state index is 0.669. The lowest BCUT2D eigenvalue weighted by Crippen LogP contribution is -2.31. The van der Waals surface area contributed by atoms with Crippen LogP contribution in [0.5, 0.6) is 0 Å². The molecule has 1 aliphatic rings. The van der Waals surface area contributed by atoms with Gasteiger partial charge in [-0.25, -0.2) is 0 Å². The molecule has 25 heavy (non-hydrogen) atoms. The number of aryl methyl sites for hydroxylation is 1. The first kappa shape index (κ1) is 17.9. The number of likely N-dealkylation sites (tertiary alicyclic amines) is 1. The normalized spacial score (nSPS) is 14.9. The lowest BCUT2D eigenvalue weighted by molar-refractivity contribution is 0.220. The number of hydrogen-bond acceptors (Lipinski definition) is 2. The van der Waals surface area contributed by atoms with Crippen molar-refractivity contribution in [2.45, 2.75) is 39.3 Å². The Morgan fingerprint density at radius 2 is 1.64 bits per heavy atom. The fourth-order valence-corrected chi connectivity index (χ4v) is 3.48. The molecule has 1 fully saturated rings. The van der Waals surface area contributed by atoms with Gasteiger partial charge in [0.2, 0.25) is 0 Å². The van der Waals surface area contributed by atoms with E-state index in [1.165, 1.54) is 49.0 Å². The number of rotatable bonds is 5. The molecule has 0 saturated carbocycles. The lowest BCUT2D eigenvalue weighted by atomic mass is 10.0. The van der Waals surface area contributed by atoms with Crippen molar-refractivity contribution in [1.29, 1.82) is 0 Å². The molecule has 3 rings (SSSR count). The van der Waals surface area contributed by atoms with Crippen LogP contribution in [0, 0.1) is 6.92 Å². The Morgan fingerprint density at radius 3 is 2.40 bits per heavy atom. The smallest absolute Gasteiger partial charge is 0.171 e. The van der Waals surface area contributed by atoms with Crippen LogP contribution in [0.4, 0.5) is 5.69 Å². The lowest BCUT2D eigenvalue weighted by Gasteiger charge is -2.27. The number of piperidine rings is 1. The number of nitrogens with zero attached hydrogens (tertiary/aromatic N) is 1. The van der Waals surface area contributed by atoms with Gasteiger partial charge in [-0.05, 0) is 67.8 Å². The van der Waals surface area contributed by atoms with E-state index in [0.717, 1.165) is 18.8 Å². The van der Waals surface area contributed by atoms with Crippen molar-refractivity contribution >= 4 is 23.0 Å². The van der Waals surface area contributed by atoms with Crippen molar-refractivity contribution in [2.75, 3.05) is 18.4 Å². The summed E-state index contributed by atoms with van der Waals surface area (Å²) >= 11 is 5.47. The van der Waals surface area contributed by atoms with Gasteiger partial charge in [0.1, 0.15) is 0 Å². The Balaban J connectivity index is 1.57. The Labute approximate surface area is 156 Å². The maximum Gasteiger partial charge on any atom is 0.171 e. The van der Waals surface area contributed by atoms with Gasteiger partial charge in [0.25, 0.3) is 0 Å². The largest absolute Gasteiger partial charge is 0.358 e. The van der Waals surface area contributed by atoms with Crippen LogP contribution >= 0.6 is 12.2 Å². The summed E-state index contributed by atoms with van der Waals surface area (Å²) in [5, 5.41) is 7.31. The second kappa shape index (κ2) is 8.97. The molecule has 0 spiro atoms. The van der Waals surface area contributed by atoms with Crippen LogP contribution in [0.2, 0.25) is 0 Å². The van der Waals surface area contributed by atoms with Crippen molar-refractivity contribution in [1.82, 2.24) is 10.2 Å². The second-order valence-electron chi connectivity index (χ2n) is 6.73. The number of thiocarbonyl (C=S) groups is 1. The number of nitrogens with one attached hydrogen (secondary N) is 2. The number of benzene rings is 2. The first-order valence-electron chi connectivity index (χ1n) is 9.12. The van der Waals surface area contributed by atoms with Gasteiger partial charge in [-0.2, -0.15) is 0 Å². The van der Waals surface area contributed by atoms with Gasteiger partial charge in [0, 0.05) is 18.8 Å². The molecule has 2 aromatic carbocycles. The zero-order valence-corrected chi connectivity index (χ0v) is 15.7. The highest BCUT2D eigenvalue weighted by Gasteiger charge is 2.12. The molecule has 132 valence electrons. The molecule has 0 radical (unpaired) electrons. The molecule has 1 heterocycles. The fraction of sp³-hybridized carbons (Fsp3) is 0.381. The highest BCUT2D eigenvalue weighted by atomic mass is 32.1. The van der Waals surface area contributed by atoms with Crippen LogP contribution in [0.3, 0.4) is 0 Å². The molecule has 1 aliphatic heterocycles. The topological polar surface area (TPSA) is 27.3 Å². The first-order valence-corrected chi connectivity index (χ1v) is 9.53. The molecule has 0 atom stereocenters. The highest BCUT2D eigenvalue weighted by molar-refractivity contribution is 7.80. The molecule has 0 amide bonds. The van der Waals surface area contributed by atoms with Crippen molar-refractivity contribution in [3.05, 3.63) is 65.2 Å². The van der Waals surface area contributed by atoms with E-state index in [-0.39, 0.29) is 0 Å². The van der Waals surface area contributed by atoms with E-state index in [0.29, 0.717) is 5.11 Å². The van der Waals surface area contributed by atoms with Gasteiger partial charge in [0.05, 0.1) is 0 Å². The Hall–Kier alpha value is -1.91. The minimum Gasteiger partial charge on any atom is -0.358 e. The molecular formula is C21H27N3S. The van der Waals surface area contributed by atoms with Crippen LogP contribution in [0.25, 0.3) is 0 Å². The molecule has 2 aromatic rings. The summed E-state index contributed by atoms with van der Waals surface area (Å²) in [6.45, 7) is 6.31. The average molecular weight is 354 g/mol. The van der Waals surface area contributed by atoms with Crippen molar-refractivity contribution < 1.29 is 0 Å². The predicted octanol–water partition coefficient (Wildman–Crippen LogP) is 4.47. The van der Waals surface area contributed by atoms with E-state index in [1.807, 2.05) is 18.2 Å². The minimum atomic E-state index is 0.669. The molecule has 1 saturated heterocycles. The van der Waals surface area contributed by atoms with Gasteiger partial charge >= 0.3 is 0 Å². The first-order chi connectivity index (χ1) is 12.2. The van der Waals surface area contributed by atoms with Gasteiger partial charge in [-0.3, -0.25) is 4.90 Å². The second-order valence-corrected chi connectivity index (χ2v) is 7.14. The maximum atomic E-state index is 5.47. The highest BCUT2D eigenvalue weighted by Crippen LogP contribution is 2.17. The summed E-state index contributed by atoms with van der Waals surface area (Å²) < 4.78 is 0. The zero-order valence-electron chi connectivity index (χ0n) is 14.9.